The van der Waals surface area contributed by atoms with E-state index in [1.165, 1.54) is 180 Å². The van der Waals surface area contributed by atoms with E-state index in [1.54, 1.807) is 0 Å². The zero-order chi connectivity index (χ0) is 53.6. The number of unbranched alkanes of at least 4 members (excludes halogenated alkanes) is 35. The van der Waals surface area contributed by atoms with Crippen LogP contribution in [-0.2, 0) is 28.6 Å². The number of rotatable bonds is 58. The average molecular weight is 1030 g/mol. The summed E-state index contributed by atoms with van der Waals surface area (Å²) in [4.78, 5) is 38.3. The van der Waals surface area contributed by atoms with Gasteiger partial charge in [-0.3, -0.25) is 14.4 Å². The number of carbonyl (C=O) groups is 3. The lowest BCUT2D eigenvalue weighted by Gasteiger charge is -2.18. The van der Waals surface area contributed by atoms with Crippen LogP contribution in [0.15, 0.2) is 72.9 Å². The van der Waals surface area contributed by atoms with E-state index in [2.05, 4.69) is 93.7 Å². The summed E-state index contributed by atoms with van der Waals surface area (Å²) < 4.78 is 16.9. The highest BCUT2D eigenvalue weighted by molar-refractivity contribution is 5.71. The molecule has 6 heteroatoms. The first-order valence-electron chi connectivity index (χ1n) is 31.9. The second-order valence-corrected chi connectivity index (χ2v) is 21.3. The maximum atomic E-state index is 12.9. The molecule has 0 radical (unpaired) electrons. The van der Waals surface area contributed by atoms with Crippen LogP contribution in [0.25, 0.3) is 0 Å². The SMILES string of the molecule is CC/C=C\C/C=C\C/C=C\C/C=C\CCCCCCCCC(=O)OC(COC(=O)CCCCCCCCCCCCC/C=C\C/C=C\CCCCCCC)COC(=O)CCCCCCCCCCCCCCCC. The molecule has 0 aromatic carbocycles. The Hall–Kier alpha value is -3.15. The third kappa shape index (κ3) is 59.7. The molecule has 0 aromatic rings. The molecule has 0 spiro atoms. The molecular weight excluding hydrogens is 913 g/mol. The van der Waals surface area contributed by atoms with E-state index in [0.29, 0.717) is 19.3 Å². The van der Waals surface area contributed by atoms with Gasteiger partial charge in [-0.15, -0.1) is 0 Å². The lowest BCUT2D eigenvalue weighted by Crippen LogP contribution is -2.30. The molecule has 1 atom stereocenters. The number of hydrogen-bond donors (Lipinski definition) is 0. The van der Waals surface area contributed by atoms with Gasteiger partial charge in [0, 0.05) is 19.3 Å². The molecule has 1 unspecified atom stereocenters. The number of allylic oxidation sites excluding steroid dienone is 12. The summed E-state index contributed by atoms with van der Waals surface area (Å²) >= 11 is 0. The molecule has 428 valence electrons. The van der Waals surface area contributed by atoms with Crippen molar-refractivity contribution in [2.75, 3.05) is 13.2 Å². The Morgan fingerprint density at radius 2 is 0.527 bits per heavy atom. The molecule has 0 saturated heterocycles. The van der Waals surface area contributed by atoms with Gasteiger partial charge in [-0.2, -0.15) is 0 Å². The van der Waals surface area contributed by atoms with Crippen molar-refractivity contribution in [3.05, 3.63) is 72.9 Å². The first-order chi connectivity index (χ1) is 36.5. The molecule has 0 heterocycles. The Bertz CT molecular complexity index is 1370. The molecule has 74 heavy (non-hydrogen) atoms. The van der Waals surface area contributed by atoms with E-state index in [0.717, 1.165) is 103 Å². The van der Waals surface area contributed by atoms with Crippen molar-refractivity contribution in [1.82, 2.24) is 0 Å². The van der Waals surface area contributed by atoms with Crippen molar-refractivity contribution in [3.63, 3.8) is 0 Å². The van der Waals surface area contributed by atoms with Crippen LogP contribution in [0.4, 0.5) is 0 Å². The number of hydrogen-bond acceptors (Lipinski definition) is 6. The predicted molar refractivity (Wildman–Crippen MR) is 321 cm³/mol. The highest BCUT2D eigenvalue weighted by Gasteiger charge is 2.19. The summed E-state index contributed by atoms with van der Waals surface area (Å²) in [7, 11) is 0. The Morgan fingerprint density at radius 3 is 0.824 bits per heavy atom. The van der Waals surface area contributed by atoms with Crippen LogP contribution >= 0.6 is 0 Å². The predicted octanol–water partition coefficient (Wildman–Crippen LogP) is 21.7. The minimum atomic E-state index is -0.783. The van der Waals surface area contributed by atoms with Gasteiger partial charge in [0.25, 0.3) is 0 Å². The highest BCUT2D eigenvalue weighted by Crippen LogP contribution is 2.17. The van der Waals surface area contributed by atoms with E-state index >= 15 is 0 Å². The first-order valence-corrected chi connectivity index (χ1v) is 31.9. The fourth-order valence-corrected chi connectivity index (χ4v) is 9.17. The Balaban J connectivity index is 4.34. The Kier molecular flexibility index (Phi) is 59.7. The fraction of sp³-hybridized carbons (Fsp3) is 0.779. The van der Waals surface area contributed by atoms with Gasteiger partial charge < -0.3 is 14.2 Å². The molecule has 0 rings (SSSR count). The summed E-state index contributed by atoms with van der Waals surface area (Å²) in [6.45, 7) is 6.54. The van der Waals surface area contributed by atoms with Gasteiger partial charge in [0.1, 0.15) is 13.2 Å². The van der Waals surface area contributed by atoms with E-state index in [9.17, 15) is 14.4 Å². The van der Waals surface area contributed by atoms with E-state index in [4.69, 9.17) is 14.2 Å². The molecule has 6 nitrogen and oxygen atoms in total. The van der Waals surface area contributed by atoms with Crippen LogP contribution < -0.4 is 0 Å². The Morgan fingerprint density at radius 1 is 0.284 bits per heavy atom. The van der Waals surface area contributed by atoms with Crippen LogP contribution in [0.5, 0.6) is 0 Å². The van der Waals surface area contributed by atoms with Gasteiger partial charge in [-0.25, -0.2) is 0 Å². The molecule has 0 aliphatic rings. The van der Waals surface area contributed by atoms with Crippen LogP contribution in [0.3, 0.4) is 0 Å². The zero-order valence-electron chi connectivity index (χ0n) is 49.1. The standard InChI is InChI=1S/C68H120O6/c1-4-7-10-13-16-19-22-25-28-30-32-33-34-35-37-38-40-43-46-49-52-55-58-61-67(70)73-64-65(63-72-66(69)60-57-54-51-48-45-42-27-24-21-18-15-12-9-6-3)74-68(71)62-59-56-53-50-47-44-41-39-36-31-29-26-23-20-17-14-11-8-5-2/h8,11,17,20,22,25-26,29-30,32,36,39,65H,4-7,9-10,12-16,18-19,21,23-24,27-28,31,33-35,37-38,40-64H2,1-3H3/b11-8-,20-17-,25-22-,29-26-,32-30-,39-36-. The van der Waals surface area contributed by atoms with Crippen LogP contribution in [-0.4, -0.2) is 37.2 Å². The average Bonchev–Trinajstić information content (AvgIpc) is 3.40. The molecule has 0 aliphatic carbocycles. The number of ether oxygens (including phenoxy) is 3. The Labute approximate surface area is 459 Å². The van der Waals surface area contributed by atoms with E-state index in [-0.39, 0.29) is 31.1 Å². The van der Waals surface area contributed by atoms with Crippen molar-refractivity contribution >= 4 is 17.9 Å². The van der Waals surface area contributed by atoms with E-state index in [1.807, 2.05) is 0 Å². The maximum Gasteiger partial charge on any atom is 0.306 e. The molecule has 0 N–H and O–H groups in total. The van der Waals surface area contributed by atoms with Gasteiger partial charge in [0.2, 0.25) is 0 Å². The molecule has 0 bridgehead atoms. The third-order valence-corrected chi connectivity index (χ3v) is 13.9. The van der Waals surface area contributed by atoms with Crippen molar-refractivity contribution in [2.45, 2.75) is 329 Å². The van der Waals surface area contributed by atoms with E-state index < -0.39 is 6.10 Å². The molecule has 0 saturated carbocycles. The monoisotopic (exact) mass is 1030 g/mol. The van der Waals surface area contributed by atoms with Crippen molar-refractivity contribution in [1.29, 1.82) is 0 Å². The third-order valence-electron chi connectivity index (χ3n) is 13.9. The summed E-state index contributed by atoms with van der Waals surface area (Å²) in [5, 5.41) is 0. The minimum Gasteiger partial charge on any atom is -0.462 e. The van der Waals surface area contributed by atoms with Gasteiger partial charge >= 0.3 is 17.9 Å². The quantitative estimate of drug-likeness (QED) is 0.0261. The second kappa shape index (κ2) is 62.4. The van der Waals surface area contributed by atoms with Crippen LogP contribution in [0, 0.1) is 0 Å². The summed E-state index contributed by atoms with van der Waals surface area (Å²) in [5.41, 5.74) is 0. The number of esters is 3. The first kappa shape index (κ1) is 70.8. The molecule has 0 aliphatic heterocycles. The highest BCUT2D eigenvalue weighted by atomic mass is 16.6. The van der Waals surface area contributed by atoms with Crippen LogP contribution in [0.1, 0.15) is 323 Å². The number of carbonyl (C=O) groups excluding carboxylic acids is 3. The summed E-state index contributed by atoms with van der Waals surface area (Å²) in [5.74, 6) is -0.879. The lowest BCUT2D eigenvalue weighted by molar-refractivity contribution is -0.167. The zero-order valence-corrected chi connectivity index (χ0v) is 49.1. The van der Waals surface area contributed by atoms with Crippen molar-refractivity contribution < 1.29 is 28.6 Å². The topological polar surface area (TPSA) is 78.9 Å². The van der Waals surface area contributed by atoms with Gasteiger partial charge in [0.15, 0.2) is 6.10 Å². The molecule has 0 fully saturated rings. The normalized spacial score (nSPS) is 12.5. The smallest absolute Gasteiger partial charge is 0.306 e. The molecule has 0 amide bonds. The van der Waals surface area contributed by atoms with Crippen molar-refractivity contribution in [2.24, 2.45) is 0 Å². The maximum absolute atomic E-state index is 12.9. The summed E-state index contributed by atoms with van der Waals surface area (Å²) in [6, 6.07) is 0. The van der Waals surface area contributed by atoms with Gasteiger partial charge in [0.05, 0.1) is 0 Å². The van der Waals surface area contributed by atoms with Gasteiger partial charge in [-0.05, 0) is 89.9 Å². The second-order valence-electron chi connectivity index (χ2n) is 21.3. The van der Waals surface area contributed by atoms with Gasteiger partial charge in [-0.1, -0.05) is 286 Å². The lowest BCUT2D eigenvalue weighted by atomic mass is 10.0. The molecular formula is C68H120O6. The molecule has 0 aromatic heterocycles. The summed E-state index contributed by atoms with van der Waals surface area (Å²) in [6.07, 6.45) is 80.4. The largest absolute Gasteiger partial charge is 0.462 e. The van der Waals surface area contributed by atoms with Crippen molar-refractivity contribution in [3.8, 4) is 0 Å². The van der Waals surface area contributed by atoms with Crippen LogP contribution in [0.2, 0.25) is 0 Å². The fourth-order valence-electron chi connectivity index (χ4n) is 9.17. The minimum absolute atomic E-state index is 0.0788.